The lowest BCUT2D eigenvalue weighted by Crippen LogP contribution is -2.56. The Morgan fingerprint density at radius 3 is 2.16 bits per heavy atom. The predicted octanol–water partition coefficient (Wildman–Crippen LogP) is 7.27. The van der Waals surface area contributed by atoms with E-state index >= 15 is 0 Å². The van der Waals surface area contributed by atoms with Gasteiger partial charge in [-0.15, -0.1) is 0 Å². The summed E-state index contributed by atoms with van der Waals surface area (Å²) in [5.41, 5.74) is 1.34. The zero-order valence-electron chi connectivity index (χ0n) is 27.4. The monoisotopic (exact) mass is 596 g/mol. The molecule has 0 aromatic rings. The molecule has 43 heavy (non-hydrogen) atoms. The summed E-state index contributed by atoms with van der Waals surface area (Å²) in [6.07, 6.45) is 14.6. The molecule has 8 fully saturated rings. The van der Waals surface area contributed by atoms with E-state index in [0.29, 0.717) is 34.2 Å². The third-order valence-corrected chi connectivity index (χ3v) is 15.3. The molecule has 0 radical (unpaired) electrons. The molecule has 3 saturated heterocycles. The Balaban J connectivity index is 0.975. The van der Waals surface area contributed by atoms with Crippen LogP contribution >= 0.6 is 0 Å². The van der Waals surface area contributed by atoms with E-state index in [1.807, 2.05) is 9.80 Å². The molecule has 0 N–H and O–H groups in total. The van der Waals surface area contributed by atoms with Crippen molar-refractivity contribution in [2.75, 3.05) is 26.2 Å². The minimum Gasteiger partial charge on any atom is -0.446 e. The van der Waals surface area contributed by atoms with Crippen molar-refractivity contribution < 1.29 is 23.8 Å². The van der Waals surface area contributed by atoms with Crippen molar-refractivity contribution in [1.82, 2.24) is 9.80 Å². The van der Waals surface area contributed by atoms with Gasteiger partial charge in [0, 0.05) is 31.6 Å². The van der Waals surface area contributed by atoms with Crippen LogP contribution in [0, 0.1) is 51.2 Å². The molecule has 0 aromatic carbocycles. The molecule has 0 bridgehead atoms. The van der Waals surface area contributed by atoms with Crippen LogP contribution in [0.2, 0.25) is 0 Å². The largest absolute Gasteiger partial charge is 0.446 e. The quantitative estimate of drug-likeness (QED) is 0.341. The maximum Gasteiger partial charge on any atom is 0.410 e. The van der Waals surface area contributed by atoms with E-state index in [9.17, 15) is 9.59 Å². The van der Waals surface area contributed by atoms with Crippen LogP contribution in [0.4, 0.5) is 9.59 Å². The van der Waals surface area contributed by atoms with Gasteiger partial charge in [0.05, 0.1) is 12.2 Å². The molecule has 3 heterocycles. The van der Waals surface area contributed by atoms with Crippen molar-refractivity contribution in [1.29, 1.82) is 0 Å². The molecule has 5 aliphatic carbocycles. The van der Waals surface area contributed by atoms with Gasteiger partial charge < -0.3 is 24.0 Å². The first-order chi connectivity index (χ1) is 20.5. The minimum absolute atomic E-state index is 0.0160. The van der Waals surface area contributed by atoms with Crippen molar-refractivity contribution in [3.05, 3.63) is 0 Å². The van der Waals surface area contributed by atoms with Crippen molar-refractivity contribution in [3.8, 4) is 0 Å². The highest BCUT2D eigenvalue weighted by molar-refractivity contribution is 5.69. The summed E-state index contributed by atoms with van der Waals surface area (Å²) >= 11 is 0. The van der Waals surface area contributed by atoms with E-state index < -0.39 is 0 Å². The van der Waals surface area contributed by atoms with Crippen LogP contribution in [-0.2, 0) is 14.2 Å². The minimum atomic E-state index is -0.162. The Morgan fingerprint density at radius 2 is 1.49 bits per heavy atom. The Labute approximate surface area is 259 Å². The molecule has 2 amide bonds. The summed E-state index contributed by atoms with van der Waals surface area (Å²) in [6, 6.07) is 0. The summed E-state index contributed by atoms with van der Waals surface area (Å²) in [5, 5.41) is 0. The van der Waals surface area contributed by atoms with Crippen LogP contribution in [0.5, 0.6) is 0 Å². The number of ether oxygens (including phenoxy) is 3. The Morgan fingerprint density at radius 1 is 0.791 bits per heavy atom. The molecule has 2 spiro atoms. The number of likely N-dealkylation sites (tertiary alicyclic amines) is 2. The number of nitrogens with zero attached hydrogens (tertiary/aromatic N) is 2. The van der Waals surface area contributed by atoms with Crippen molar-refractivity contribution in [3.63, 3.8) is 0 Å². The van der Waals surface area contributed by atoms with Crippen LogP contribution in [-0.4, -0.2) is 72.6 Å². The second kappa shape index (κ2) is 9.75. The fraction of sp³-hybridized carbons (Fsp3) is 0.944. The third kappa shape index (κ3) is 4.00. The number of amides is 2. The van der Waals surface area contributed by atoms with Gasteiger partial charge in [-0.3, -0.25) is 0 Å². The highest BCUT2D eigenvalue weighted by atomic mass is 16.6. The molecular formula is C36H56N2O5. The summed E-state index contributed by atoms with van der Waals surface area (Å²) < 4.78 is 19.4. The average molecular weight is 597 g/mol. The molecule has 7 heteroatoms. The van der Waals surface area contributed by atoms with Gasteiger partial charge in [0.1, 0.15) is 12.2 Å². The van der Waals surface area contributed by atoms with Gasteiger partial charge in [-0.05, 0) is 123 Å². The lowest BCUT2D eigenvalue weighted by atomic mass is 9.46. The zero-order chi connectivity index (χ0) is 29.9. The Kier molecular flexibility index (Phi) is 6.56. The first kappa shape index (κ1) is 28.9. The van der Waals surface area contributed by atoms with Crippen molar-refractivity contribution >= 4 is 12.2 Å². The maximum absolute atomic E-state index is 12.8. The Hall–Kier alpha value is -1.50. The molecule has 0 aromatic heterocycles. The molecule has 3 aliphatic heterocycles. The van der Waals surface area contributed by atoms with Gasteiger partial charge in [-0.2, -0.15) is 0 Å². The van der Waals surface area contributed by atoms with Gasteiger partial charge in [0.2, 0.25) is 0 Å². The highest BCUT2D eigenvalue weighted by Gasteiger charge is 2.81. The molecule has 8 rings (SSSR count). The van der Waals surface area contributed by atoms with E-state index in [-0.39, 0.29) is 41.8 Å². The molecule has 11 atom stereocenters. The number of fused-ring (bicyclic) bond motifs is 4. The first-order valence-electron chi connectivity index (χ1n) is 18.1. The van der Waals surface area contributed by atoms with Gasteiger partial charge >= 0.3 is 12.2 Å². The van der Waals surface area contributed by atoms with Crippen LogP contribution in [0.1, 0.15) is 112 Å². The van der Waals surface area contributed by atoms with E-state index in [0.717, 1.165) is 63.7 Å². The average Bonchev–Trinajstić information content (AvgIpc) is 3.46. The SMILES string of the molecule is CC(C)[C@@H](OC(=O)N1CCC1)C1CCC2C(CC3C4CCC5C(C)(C)[C@@H](OC(=O)N6CCC6)CC[C@@]56C[C@@]46CC[C@]23C)O1. The number of rotatable bonds is 4. The molecular weight excluding hydrogens is 540 g/mol. The third-order valence-electron chi connectivity index (χ3n) is 15.3. The summed E-state index contributed by atoms with van der Waals surface area (Å²) in [6.45, 7) is 15.2. The van der Waals surface area contributed by atoms with Crippen LogP contribution in [0.15, 0.2) is 0 Å². The predicted molar refractivity (Wildman–Crippen MR) is 163 cm³/mol. The molecule has 5 saturated carbocycles. The van der Waals surface area contributed by atoms with Gasteiger partial charge in [-0.25, -0.2) is 9.59 Å². The first-order valence-corrected chi connectivity index (χ1v) is 18.1. The van der Waals surface area contributed by atoms with Crippen LogP contribution < -0.4 is 0 Å². The Bertz CT molecular complexity index is 1150. The highest BCUT2D eigenvalue weighted by Crippen LogP contribution is 2.87. The smallest absolute Gasteiger partial charge is 0.410 e. The molecule has 240 valence electrons. The lowest BCUT2D eigenvalue weighted by Gasteiger charge is -2.59. The van der Waals surface area contributed by atoms with Gasteiger partial charge in [0.15, 0.2) is 0 Å². The fourth-order valence-electron chi connectivity index (χ4n) is 12.7. The van der Waals surface area contributed by atoms with E-state index in [2.05, 4.69) is 34.6 Å². The van der Waals surface area contributed by atoms with E-state index in [1.54, 1.807) is 0 Å². The van der Waals surface area contributed by atoms with Gasteiger partial charge in [-0.1, -0.05) is 34.6 Å². The second-order valence-corrected chi connectivity index (χ2v) is 17.5. The van der Waals surface area contributed by atoms with E-state index in [1.165, 1.54) is 51.4 Å². The number of hydrogen-bond acceptors (Lipinski definition) is 5. The lowest BCUT2D eigenvalue weighted by molar-refractivity contribution is -0.151. The molecule has 6 unspecified atom stereocenters. The summed E-state index contributed by atoms with van der Waals surface area (Å²) in [7, 11) is 0. The zero-order valence-corrected chi connectivity index (χ0v) is 27.4. The molecule has 8 aliphatic rings. The van der Waals surface area contributed by atoms with E-state index in [4.69, 9.17) is 14.2 Å². The molecule has 7 nitrogen and oxygen atoms in total. The number of carbonyl (C=O) groups excluding carboxylic acids is 2. The standard InChI is InChI=1S/C36H56N2O5/c1-22(2)30(43-32(40)38-18-7-19-38)26-10-8-24-27(41-26)20-25-23-9-11-28-33(3,4)29(42-31(39)37-16-6-17-37)12-13-36(28)21-35(23,36)15-14-34(24,25)5/h22-30H,6-21H2,1-5H3/t23?,24?,25?,26?,27?,28?,29-,30+,34+,35-,36+/m0/s1. The number of hydrogen-bond donors (Lipinski definition) is 0. The van der Waals surface area contributed by atoms with Crippen molar-refractivity contribution in [2.24, 2.45) is 51.2 Å². The van der Waals surface area contributed by atoms with Crippen molar-refractivity contribution in [2.45, 2.75) is 136 Å². The maximum atomic E-state index is 12.8. The van der Waals surface area contributed by atoms with Gasteiger partial charge in [0.25, 0.3) is 0 Å². The van der Waals surface area contributed by atoms with Crippen LogP contribution in [0.25, 0.3) is 0 Å². The number of carbonyl (C=O) groups is 2. The normalized spacial score (nSPS) is 47.9. The topological polar surface area (TPSA) is 68.3 Å². The second-order valence-electron chi connectivity index (χ2n) is 17.5. The summed E-state index contributed by atoms with van der Waals surface area (Å²) in [5.74, 6) is 3.07. The van der Waals surface area contributed by atoms with Crippen LogP contribution in [0.3, 0.4) is 0 Å². The summed E-state index contributed by atoms with van der Waals surface area (Å²) in [4.78, 5) is 29.3. The fourth-order valence-corrected chi connectivity index (χ4v) is 12.7.